The van der Waals surface area contributed by atoms with Crippen molar-refractivity contribution >= 4 is 23.4 Å². The Morgan fingerprint density at radius 1 is 1.07 bits per heavy atom. The van der Waals surface area contributed by atoms with Gasteiger partial charge in [0.15, 0.2) is 0 Å². The van der Waals surface area contributed by atoms with Gasteiger partial charge in [-0.1, -0.05) is 0 Å². The van der Waals surface area contributed by atoms with Crippen molar-refractivity contribution in [2.24, 2.45) is 0 Å². The van der Waals surface area contributed by atoms with Gasteiger partial charge in [0.05, 0.1) is 37.1 Å². The normalized spacial score (nSPS) is 13.0. The van der Waals surface area contributed by atoms with Crippen LogP contribution in [0.2, 0.25) is 0 Å². The van der Waals surface area contributed by atoms with E-state index in [1.54, 1.807) is 24.3 Å². The van der Waals surface area contributed by atoms with E-state index in [1.165, 1.54) is 39.3 Å². The minimum absolute atomic E-state index is 0.103. The Morgan fingerprint density at radius 2 is 1.79 bits per heavy atom. The summed E-state index contributed by atoms with van der Waals surface area (Å²) in [5, 5.41) is 11.5. The first-order chi connectivity index (χ1) is 13.9. The lowest BCUT2D eigenvalue weighted by Gasteiger charge is -2.12. The molecule has 0 saturated heterocycles. The van der Waals surface area contributed by atoms with Crippen molar-refractivity contribution in [3.63, 3.8) is 0 Å². The number of nitriles is 1. The number of hydrogen-bond acceptors (Lipinski definition) is 6. The number of carbonyl (C=O) groups excluding carboxylic acids is 3. The third kappa shape index (κ3) is 3.53. The second kappa shape index (κ2) is 7.86. The Balaban J connectivity index is 1.92. The number of nitrogens with one attached hydrogen (secondary N) is 1. The monoisotopic (exact) mass is 391 g/mol. The van der Waals surface area contributed by atoms with Crippen LogP contribution >= 0.6 is 0 Å². The molecular formula is C21H17N3O5. The zero-order valence-corrected chi connectivity index (χ0v) is 16.0. The van der Waals surface area contributed by atoms with Crippen LogP contribution < -0.4 is 14.8 Å². The van der Waals surface area contributed by atoms with Crippen LogP contribution in [0.4, 0.5) is 5.69 Å². The summed E-state index contributed by atoms with van der Waals surface area (Å²) in [4.78, 5) is 38.7. The third-order valence-corrected chi connectivity index (χ3v) is 4.43. The molecule has 0 aromatic heterocycles. The molecule has 0 radical (unpaired) electrons. The van der Waals surface area contributed by atoms with E-state index in [0.29, 0.717) is 17.2 Å². The molecule has 2 aromatic rings. The maximum atomic E-state index is 12.7. The number of amides is 3. The van der Waals surface area contributed by atoms with E-state index >= 15 is 0 Å². The van der Waals surface area contributed by atoms with E-state index in [-0.39, 0.29) is 22.4 Å². The Hall–Kier alpha value is -4.12. The topological polar surface area (TPSA) is 109 Å². The van der Waals surface area contributed by atoms with E-state index in [2.05, 4.69) is 5.32 Å². The Kier molecular flexibility index (Phi) is 5.32. The molecule has 1 heterocycles. The minimum atomic E-state index is -0.581. The Morgan fingerprint density at radius 3 is 2.45 bits per heavy atom. The molecule has 1 aliphatic rings. The van der Waals surface area contributed by atoms with Gasteiger partial charge in [0.1, 0.15) is 11.5 Å². The predicted octanol–water partition coefficient (Wildman–Crippen LogP) is 2.98. The summed E-state index contributed by atoms with van der Waals surface area (Å²) in [5.41, 5.74) is 1.08. The number of imide groups is 1. The maximum Gasteiger partial charge on any atom is 0.265 e. The zero-order valence-electron chi connectivity index (χ0n) is 16.0. The molecule has 0 unspecified atom stereocenters. The van der Waals surface area contributed by atoms with Crippen LogP contribution in [0.5, 0.6) is 11.5 Å². The first-order valence-corrected chi connectivity index (χ1v) is 8.53. The minimum Gasteiger partial charge on any atom is -0.497 e. The van der Waals surface area contributed by atoms with E-state index in [9.17, 15) is 14.4 Å². The van der Waals surface area contributed by atoms with Gasteiger partial charge in [-0.05, 0) is 37.3 Å². The summed E-state index contributed by atoms with van der Waals surface area (Å²) in [5.74, 6) is -0.624. The number of carbonyl (C=O) groups is 3. The highest BCUT2D eigenvalue weighted by Gasteiger charge is 2.37. The fourth-order valence-corrected chi connectivity index (χ4v) is 2.97. The molecule has 29 heavy (non-hydrogen) atoms. The van der Waals surface area contributed by atoms with Crippen LogP contribution in [-0.4, -0.2) is 36.8 Å². The largest absolute Gasteiger partial charge is 0.497 e. The standard InChI is InChI=1S/C21H17N3O5/c1-12(8-9-22)24-20(26)15-6-4-13(10-16(15)21(24)27)19(25)23-17-11-14(28-2)5-7-18(17)29-3/h4-8,10-11H,1-3H3,(H,23,25)/b12-8+. The zero-order chi connectivity index (χ0) is 21.1. The predicted molar refractivity (Wildman–Crippen MR) is 104 cm³/mol. The van der Waals surface area contributed by atoms with Crippen LogP contribution in [0.3, 0.4) is 0 Å². The van der Waals surface area contributed by atoms with Gasteiger partial charge in [0.2, 0.25) is 0 Å². The molecule has 0 fully saturated rings. The van der Waals surface area contributed by atoms with E-state index in [4.69, 9.17) is 14.7 Å². The molecule has 1 aliphatic heterocycles. The molecule has 0 saturated carbocycles. The summed E-state index contributed by atoms with van der Waals surface area (Å²) >= 11 is 0. The number of hydrogen-bond donors (Lipinski definition) is 1. The average molecular weight is 391 g/mol. The quantitative estimate of drug-likeness (QED) is 0.620. The van der Waals surface area contributed by atoms with Crippen molar-refractivity contribution in [1.29, 1.82) is 5.26 Å². The van der Waals surface area contributed by atoms with E-state index in [1.807, 2.05) is 0 Å². The van der Waals surface area contributed by atoms with Crippen molar-refractivity contribution in [2.45, 2.75) is 6.92 Å². The lowest BCUT2D eigenvalue weighted by atomic mass is 10.1. The fourth-order valence-electron chi connectivity index (χ4n) is 2.97. The summed E-state index contributed by atoms with van der Waals surface area (Å²) in [7, 11) is 2.98. The fraction of sp³-hybridized carbons (Fsp3) is 0.143. The van der Waals surface area contributed by atoms with E-state index < -0.39 is 17.7 Å². The maximum absolute atomic E-state index is 12.7. The highest BCUT2D eigenvalue weighted by Crippen LogP contribution is 2.30. The smallest absolute Gasteiger partial charge is 0.265 e. The highest BCUT2D eigenvalue weighted by atomic mass is 16.5. The lowest BCUT2D eigenvalue weighted by Crippen LogP contribution is -2.27. The third-order valence-electron chi connectivity index (χ3n) is 4.43. The molecule has 3 rings (SSSR count). The molecule has 3 amide bonds. The van der Waals surface area contributed by atoms with Gasteiger partial charge in [-0.25, -0.2) is 4.90 Å². The van der Waals surface area contributed by atoms with Crippen LogP contribution in [0.1, 0.15) is 38.0 Å². The summed E-state index contributed by atoms with van der Waals surface area (Å²) in [6.07, 6.45) is 1.12. The van der Waals surface area contributed by atoms with Crippen LogP contribution in [0, 0.1) is 11.3 Å². The van der Waals surface area contributed by atoms with Crippen LogP contribution in [0.25, 0.3) is 0 Å². The number of anilines is 1. The molecule has 1 N–H and O–H groups in total. The van der Waals surface area contributed by atoms with Gasteiger partial charge < -0.3 is 14.8 Å². The lowest BCUT2D eigenvalue weighted by molar-refractivity contribution is 0.0704. The molecular weight excluding hydrogens is 374 g/mol. The first-order valence-electron chi connectivity index (χ1n) is 8.53. The Labute approximate surface area is 166 Å². The van der Waals surface area contributed by atoms with Crippen molar-refractivity contribution < 1.29 is 23.9 Å². The van der Waals surface area contributed by atoms with Gasteiger partial charge >= 0.3 is 0 Å². The first kappa shape index (κ1) is 19.6. The van der Waals surface area contributed by atoms with Crippen LogP contribution in [0.15, 0.2) is 48.2 Å². The number of ether oxygens (including phenoxy) is 2. The molecule has 0 aliphatic carbocycles. The highest BCUT2D eigenvalue weighted by molar-refractivity contribution is 6.23. The number of allylic oxidation sites excluding steroid dienone is 2. The van der Waals surface area contributed by atoms with Crippen molar-refractivity contribution in [1.82, 2.24) is 4.90 Å². The number of fused-ring (bicyclic) bond motifs is 1. The van der Waals surface area contributed by atoms with Gasteiger partial charge in [-0.3, -0.25) is 14.4 Å². The van der Waals surface area contributed by atoms with Gasteiger partial charge in [0, 0.05) is 23.4 Å². The van der Waals surface area contributed by atoms with Crippen LogP contribution in [-0.2, 0) is 0 Å². The summed E-state index contributed by atoms with van der Waals surface area (Å²) < 4.78 is 10.4. The molecule has 0 bridgehead atoms. The summed E-state index contributed by atoms with van der Waals surface area (Å²) in [6, 6.07) is 11.0. The van der Waals surface area contributed by atoms with Gasteiger partial charge in [-0.2, -0.15) is 5.26 Å². The second-order valence-corrected chi connectivity index (χ2v) is 6.14. The van der Waals surface area contributed by atoms with E-state index in [0.717, 1.165) is 11.0 Å². The Bertz CT molecular complexity index is 1100. The number of benzene rings is 2. The molecule has 0 spiro atoms. The molecule has 146 valence electrons. The second-order valence-electron chi connectivity index (χ2n) is 6.14. The molecule has 8 nitrogen and oxygen atoms in total. The average Bonchev–Trinajstić information content (AvgIpc) is 2.97. The summed E-state index contributed by atoms with van der Waals surface area (Å²) in [6.45, 7) is 1.49. The molecule has 2 aromatic carbocycles. The van der Waals surface area contributed by atoms with Crippen molar-refractivity contribution in [3.05, 3.63) is 64.9 Å². The molecule has 8 heteroatoms. The SMILES string of the molecule is COc1ccc(OC)c(NC(=O)c2ccc3c(c2)C(=O)N(/C(C)=C/C#N)C3=O)c1. The van der Waals surface area contributed by atoms with Crippen molar-refractivity contribution in [3.8, 4) is 17.6 Å². The number of rotatable bonds is 5. The number of nitrogens with zero attached hydrogens (tertiary/aromatic N) is 2. The van der Waals surface area contributed by atoms with Crippen molar-refractivity contribution in [2.75, 3.05) is 19.5 Å². The number of methoxy groups -OCH3 is 2. The molecule has 0 atom stereocenters. The van der Waals surface area contributed by atoms with Gasteiger partial charge in [-0.15, -0.1) is 0 Å². The van der Waals surface area contributed by atoms with Gasteiger partial charge in [0.25, 0.3) is 17.7 Å².